The Morgan fingerprint density at radius 2 is 1.88 bits per heavy atom. The van der Waals surface area contributed by atoms with Crippen molar-refractivity contribution in [1.82, 2.24) is 29.8 Å². The molecule has 1 aliphatic heterocycles. The molecule has 3 heterocycles. The van der Waals surface area contributed by atoms with E-state index in [4.69, 9.17) is 16.3 Å². The summed E-state index contributed by atoms with van der Waals surface area (Å²) in [6.45, 7) is -2.61. The molecule has 1 aliphatic rings. The van der Waals surface area contributed by atoms with Crippen molar-refractivity contribution in [2.24, 2.45) is 0 Å². The Balaban J connectivity index is 1.33. The zero-order valence-electron chi connectivity index (χ0n) is 26.3. The number of carbonyl (C=O) groups excluding carboxylic acids is 2. The Morgan fingerprint density at radius 1 is 1.14 bits per heavy atom. The normalized spacial score (nSPS) is 14.0. The molecule has 3 N–H and O–H groups in total. The number of nitrogens with zero attached hydrogens (tertiary/aromatic N) is 5. The molecule has 17 heteroatoms. The van der Waals surface area contributed by atoms with Crippen LogP contribution in [0.2, 0.25) is 5.02 Å². The van der Waals surface area contributed by atoms with Gasteiger partial charge in [0.25, 0.3) is 5.91 Å². The Bertz CT molecular complexity index is 1730. The molecule has 49 heavy (non-hydrogen) atoms. The predicted octanol–water partition coefficient (Wildman–Crippen LogP) is 6.27. The van der Waals surface area contributed by atoms with Crippen molar-refractivity contribution in [2.45, 2.75) is 51.2 Å². The van der Waals surface area contributed by atoms with E-state index < -0.39 is 25.1 Å². The van der Waals surface area contributed by atoms with E-state index in [1.165, 1.54) is 35.3 Å². The Morgan fingerprint density at radius 3 is 2.55 bits per heavy atom. The molecule has 5 rings (SSSR count). The number of piperidine rings is 1. The molecule has 0 aliphatic carbocycles. The van der Waals surface area contributed by atoms with Crippen LogP contribution in [0.15, 0.2) is 60.9 Å². The number of hydrogen-bond donors (Lipinski definition) is 3. The molecule has 2 aromatic heterocycles. The highest BCUT2D eigenvalue weighted by atomic mass is 35.5. The van der Waals surface area contributed by atoms with E-state index in [0.717, 1.165) is 5.56 Å². The SMILES string of the molecule is CNc1[nH]ncc1C(=O)Nc1cn(CC(=O)N2CCC(N(CCC(F)(F)F)Cc3ccccc3)CC2)nc1-c1cc(Cl)ccc1OC(F)F. The van der Waals surface area contributed by atoms with Crippen LogP contribution in [0, 0.1) is 0 Å². The van der Waals surface area contributed by atoms with Crippen molar-refractivity contribution < 1.29 is 36.3 Å². The summed E-state index contributed by atoms with van der Waals surface area (Å²) in [4.78, 5) is 30.1. The quantitative estimate of drug-likeness (QED) is 0.140. The Kier molecular flexibility index (Phi) is 11.4. The summed E-state index contributed by atoms with van der Waals surface area (Å²) in [6.07, 6.45) is -1.60. The molecule has 4 aromatic rings. The van der Waals surface area contributed by atoms with E-state index in [2.05, 4.69) is 25.9 Å². The molecule has 1 fully saturated rings. The maximum atomic E-state index is 13.5. The number of carbonyl (C=O) groups is 2. The van der Waals surface area contributed by atoms with E-state index >= 15 is 0 Å². The van der Waals surface area contributed by atoms with Crippen molar-refractivity contribution in [3.05, 3.63) is 77.1 Å². The summed E-state index contributed by atoms with van der Waals surface area (Å²) >= 11 is 6.19. The number of halogens is 6. The lowest BCUT2D eigenvalue weighted by Crippen LogP contribution is -2.48. The van der Waals surface area contributed by atoms with Gasteiger partial charge in [-0.1, -0.05) is 41.9 Å². The fraction of sp³-hybridized carbons (Fsp3) is 0.375. The molecule has 2 aromatic carbocycles. The highest BCUT2D eigenvalue weighted by Gasteiger charge is 2.32. The number of aromatic amines is 1. The third-order valence-corrected chi connectivity index (χ3v) is 8.33. The van der Waals surface area contributed by atoms with Crippen LogP contribution in [0.1, 0.15) is 35.2 Å². The molecule has 1 saturated heterocycles. The first-order chi connectivity index (χ1) is 23.4. The van der Waals surface area contributed by atoms with Gasteiger partial charge >= 0.3 is 12.8 Å². The number of rotatable bonds is 13. The number of anilines is 2. The van der Waals surface area contributed by atoms with Crippen LogP contribution < -0.4 is 15.4 Å². The molecular formula is C32H34ClF5N8O3. The molecular weight excluding hydrogens is 675 g/mol. The molecule has 0 saturated carbocycles. The van der Waals surface area contributed by atoms with Crippen molar-refractivity contribution in [1.29, 1.82) is 0 Å². The summed E-state index contributed by atoms with van der Waals surface area (Å²) in [5.41, 5.74) is 1.22. The lowest BCUT2D eigenvalue weighted by atomic mass is 10.0. The first-order valence-electron chi connectivity index (χ1n) is 15.4. The summed E-state index contributed by atoms with van der Waals surface area (Å²) in [5, 5.41) is 16.6. The van der Waals surface area contributed by atoms with Gasteiger partial charge in [-0.25, -0.2) is 0 Å². The smallest absolute Gasteiger partial charge is 0.390 e. The van der Waals surface area contributed by atoms with Crippen molar-refractivity contribution in [3.8, 4) is 17.0 Å². The minimum absolute atomic E-state index is 0.0220. The molecule has 2 amide bonds. The zero-order chi connectivity index (χ0) is 35.1. The lowest BCUT2D eigenvalue weighted by Gasteiger charge is -2.39. The van der Waals surface area contributed by atoms with Crippen LogP contribution in [0.3, 0.4) is 0 Å². The van der Waals surface area contributed by atoms with Gasteiger partial charge in [-0.15, -0.1) is 0 Å². The van der Waals surface area contributed by atoms with Gasteiger partial charge in [0.1, 0.15) is 29.4 Å². The first-order valence-corrected chi connectivity index (χ1v) is 15.7. The van der Waals surface area contributed by atoms with Gasteiger partial charge in [0.15, 0.2) is 0 Å². The summed E-state index contributed by atoms with van der Waals surface area (Å²) in [5.74, 6) is -0.845. The van der Waals surface area contributed by atoms with E-state index in [0.29, 0.717) is 38.3 Å². The van der Waals surface area contributed by atoms with Gasteiger partial charge in [-0.05, 0) is 36.6 Å². The highest BCUT2D eigenvalue weighted by Crippen LogP contribution is 2.37. The van der Waals surface area contributed by atoms with Gasteiger partial charge in [-0.3, -0.25) is 24.3 Å². The van der Waals surface area contributed by atoms with Gasteiger partial charge < -0.3 is 20.3 Å². The first kappa shape index (κ1) is 35.6. The van der Waals surface area contributed by atoms with Crippen molar-refractivity contribution in [2.75, 3.05) is 37.3 Å². The number of alkyl halides is 5. The van der Waals surface area contributed by atoms with Gasteiger partial charge in [0.2, 0.25) is 5.91 Å². The number of aromatic nitrogens is 4. The summed E-state index contributed by atoms with van der Waals surface area (Å²) in [7, 11) is 1.59. The second-order valence-corrected chi connectivity index (χ2v) is 11.8. The fourth-order valence-electron chi connectivity index (χ4n) is 5.72. The second kappa shape index (κ2) is 15.7. The minimum Gasteiger partial charge on any atom is -0.434 e. The topological polar surface area (TPSA) is 120 Å². The second-order valence-electron chi connectivity index (χ2n) is 11.4. The van der Waals surface area contributed by atoms with E-state index in [9.17, 15) is 31.5 Å². The predicted molar refractivity (Wildman–Crippen MR) is 173 cm³/mol. The average Bonchev–Trinajstić information content (AvgIpc) is 3.71. The van der Waals surface area contributed by atoms with Gasteiger partial charge in [0.05, 0.1) is 18.3 Å². The maximum Gasteiger partial charge on any atom is 0.390 e. The Hall–Kier alpha value is -4.70. The monoisotopic (exact) mass is 708 g/mol. The van der Waals surface area contributed by atoms with Gasteiger partial charge in [0, 0.05) is 56.1 Å². The number of H-pyrrole nitrogens is 1. The number of likely N-dealkylation sites (tertiary alicyclic amines) is 1. The van der Waals surface area contributed by atoms with E-state index in [-0.39, 0.29) is 58.3 Å². The summed E-state index contributed by atoms with van der Waals surface area (Å²) < 4.78 is 72.0. The fourth-order valence-corrected chi connectivity index (χ4v) is 5.89. The molecule has 0 unspecified atom stereocenters. The Labute approximate surface area is 283 Å². The molecule has 262 valence electrons. The van der Waals surface area contributed by atoms with Crippen molar-refractivity contribution >= 4 is 34.9 Å². The number of amides is 2. The average molecular weight is 709 g/mol. The minimum atomic E-state index is -4.29. The standard InChI is InChI=1S/C32H34ClF5N8O3/c1-39-29-24(16-40-42-29)30(48)41-25-18-46(43-28(25)23-15-21(33)7-8-26(23)49-31(34)35)19-27(47)44-12-9-22(10-13-44)45(14-11-32(36,37)38)17-20-5-3-2-4-6-20/h2-8,15-16,18,22,31H,9-14,17,19H2,1H3,(H,41,48)(H2,39,40,42). The van der Waals surface area contributed by atoms with E-state index in [1.807, 2.05) is 35.2 Å². The van der Waals surface area contributed by atoms with Crippen LogP contribution in [-0.2, 0) is 17.9 Å². The van der Waals surface area contributed by atoms with Gasteiger partial charge in [-0.2, -0.15) is 32.1 Å². The third-order valence-electron chi connectivity index (χ3n) is 8.10. The number of benzene rings is 2. The number of hydrogen-bond acceptors (Lipinski definition) is 7. The zero-order valence-corrected chi connectivity index (χ0v) is 27.1. The highest BCUT2D eigenvalue weighted by molar-refractivity contribution is 6.31. The van der Waals surface area contributed by atoms with E-state index in [1.54, 1.807) is 11.9 Å². The largest absolute Gasteiger partial charge is 0.434 e. The summed E-state index contributed by atoms with van der Waals surface area (Å²) in [6, 6.07) is 13.1. The number of ether oxygens (including phenoxy) is 1. The molecule has 0 radical (unpaired) electrons. The third kappa shape index (κ3) is 9.47. The molecule has 0 spiro atoms. The van der Waals surface area contributed by atoms with Crippen LogP contribution in [0.4, 0.5) is 33.5 Å². The lowest BCUT2D eigenvalue weighted by molar-refractivity contribution is -0.140. The van der Waals surface area contributed by atoms with Crippen molar-refractivity contribution in [3.63, 3.8) is 0 Å². The molecule has 0 bridgehead atoms. The maximum absolute atomic E-state index is 13.5. The van der Waals surface area contributed by atoms with Crippen LogP contribution in [-0.4, -0.2) is 87.1 Å². The molecule has 11 nitrogen and oxygen atoms in total. The van der Waals surface area contributed by atoms with Crippen LogP contribution >= 0.6 is 11.6 Å². The number of nitrogens with one attached hydrogen (secondary N) is 3. The van der Waals surface area contributed by atoms with Crippen LogP contribution in [0.5, 0.6) is 5.75 Å². The molecule has 0 atom stereocenters. The van der Waals surface area contributed by atoms with Crippen LogP contribution in [0.25, 0.3) is 11.3 Å².